The molecule has 1 amide bonds. The molecule has 5 heteroatoms. The smallest absolute Gasteiger partial charge is 0.243 e. The van der Waals surface area contributed by atoms with Crippen LogP contribution in [0.3, 0.4) is 0 Å². The third-order valence-corrected chi connectivity index (χ3v) is 4.05. The highest BCUT2D eigenvalue weighted by atomic mass is 19.1. The second kappa shape index (κ2) is 8.36. The Bertz CT molecular complexity index is 757. The van der Waals surface area contributed by atoms with E-state index in [0.29, 0.717) is 18.4 Å². The molecule has 0 saturated carbocycles. The lowest BCUT2D eigenvalue weighted by Crippen LogP contribution is -2.18. The molecular weight excluding hydrogens is 307 g/mol. The minimum Gasteiger partial charge on any atom is -0.289 e. The zero-order valence-electron chi connectivity index (χ0n) is 13.8. The highest BCUT2D eigenvalue weighted by molar-refractivity contribution is 5.78. The molecule has 0 saturated heterocycles. The molecule has 0 radical (unpaired) electrons. The summed E-state index contributed by atoms with van der Waals surface area (Å²) in [6.07, 6.45) is 4.91. The van der Waals surface area contributed by atoms with Crippen molar-refractivity contribution in [3.05, 3.63) is 70.8 Å². The molecule has 4 nitrogen and oxygen atoms in total. The van der Waals surface area contributed by atoms with Crippen molar-refractivity contribution in [2.45, 2.75) is 33.1 Å². The molecule has 1 heterocycles. The van der Waals surface area contributed by atoms with Crippen molar-refractivity contribution in [2.75, 3.05) is 0 Å². The monoisotopic (exact) mass is 328 g/mol. The number of hydrogen-bond donors (Lipinski definition) is 2. The lowest BCUT2D eigenvalue weighted by Gasteiger charge is -2.11. The van der Waals surface area contributed by atoms with E-state index < -0.39 is 5.91 Å². The molecule has 2 aromatic rings. The summed E-state index contributed by atoms with van der Waals surface area (Å²) in [5.41, 5.74) is 5.95. The molecule has 2 rings (SSSR count). The van der Waals surface area contributed by atoms with Gasteiger partial charge in [0.25, 0.3) is 0 Å². The number of aryl methyl sites for hydroxylation is 1. The van der Waals surface area contributed by atoms with Gasteiger partial charge < -0.3 is 0 Å². The van der Waals surface area contributed by atoms with Gasteiger partial charge in [0, 0.05) is 18.3 Å². The average Bonchev–Trinajstić information content (AvgIpc) is 2.59. The van der Waals surface area contributed by atoms with Gasteiger partial charge in [-0.05, 0) is 61.1 Å². The summed E-state index contributed by atoms with van der Waals surface area (Å²) in [6, 6.07) is 8.82. The molecule has 24 heavy (non-hydrogen) atoms. The van der Waals surface area contributed by atoms with E-state index in [4.69, 9.17) is 5.21 Å². The number of aromatic nitrogens is 1. The van der Waals surface area contributed by atoms with E-state index in [0.717, 1.165) is 22.4 Å². The van der Waals surface area contributed by atoms with Gasteiger partial charge in [0.2, 0.25) is 5.91 Å². The normalized spacial score (nSPS) is 11.4. The molecule has 0 aliphatic rings. The van der Waals surface area contributed by atoms with Crippen LogP contribution in [-0.4, -0.2) is 16.1 Å². The van der Waals surface area contributed by atoms with Crippen LogP contribution >= 0.6 is 0 Å². The molecule has 0 fully saturated rings. The van der Waals surface area contributed by atoms with E-state index >= 15 is 0 Å². The van der Waals surface area contributed by atoms with Crippen LogP contribution in [0.4, 0.5) is 4.39 Å². The fourth-order valence-corrected chi connectivity index (χ4v) is 2.58. The number of halogens is 1. The quantitative estimate of drug-likeness (QED) is 0.627. The number of carbonyl (C=O) groups excluding carboxylic acids is 1. The fraction of sp³-hybridized carbons (Fsp3) is 0.263. The largest absolute Gasteiger partial charge is 0.289 e. The zero-order chi connectivity index (χ0) is 17.5. The van der Waals surface area contributed by atoms with E-state index in [9.17, 15) is 9.18 Å². The number of allylic oxidation sites excluding steroid dienone is 2. The van der Waals surface area contributed by atoms with Crippen LogP contribution in [-0.2, 0) is 11.2 Å². The molecular formula is C19H21FN2O2. The first-order valence-corrected chi connectivity index (χ1v) is 7.81. The van der Waals surface area contributed by atoms with Crippen LogP contribution in [0, 0.1) is 19.7 Å². The van der Waals surface area contributed by atoms with Crippen molar-refractivity contribution in [1.29, 1.82) is 0 Å². The van der Waals surface area contributed by atoms with E-state index in [1.54, 1.807) is 24.7 Å². The topological polar surface area (TPSA) is 62.2 Å². The second-order valence-electron chi connectivity index (χ2n) is 5.63. The molecule has 0 bridgehead atoms. The summed E-state index contributed by atoms with van der Waals surface area (Å²) in [5, 5.41) is 8.67. The van der Waals surface area contributed by atoms with Gasteiger partial charge in [-0.3, -0.25) is 15.0 Å². The number of rotatable bonds is 6. The van der Waals surface area contributed by atoms with Gasteiger partial charge in [-0.25, -0.2) is 9.87 Å². The Labute approximate surface area is 141 Å². The van der Waals surface area contributed by atoms with Crippen LogP contribution in [0.25, 0.3) is 5.57 Å². The van der Waals surface area contributed by atoms with E-state index in [2.05, 4.69) is 4.98 Å². The summed E-state index contributed by atoms with van der Waals surface area (Å²) < 4.78 is 13.7. The molecule has 0 spiro atoms. The highest BCUT2D eigenvalue weighted by Gasteiger charge is 2.09. The molecule has 0 atom stereocenters. The zero-order valence-corrected chi connectivity index (χ0v) is 13.8. The predicted octanol–water partition coefficient (Wildman–Crippen LogP) is 3.75. The minimum atomic E-state index is -0.440. The number of carbonyl (C=O) groups is 1. The van der Waals surface area contributed by atoms with Gasteiger partial charge in [-0.2, -0.15) is 0 Å². The van der Waals surface area contributed by atoms with Crippen LogP contribution < -0.4 is 5.48 Å². The Morgan fingerprint density at radius 2 is 2.04 bits per heavy atom. The van der Waals surface area contributed by atoms with Crippen molar-refractivity contribution >= 4 is 11.5 Å². The third-order valence-electron chi connectivity index (χ3n) is 4.05. The first-order chi connectivity index (χ1) is 11.5. The predicted molar refractivity (Wildman–Crippen MR) is 91.0 cm³/mol. The van der Waals surface area contributed by atoms with Gasteiger partial charge >= 0.3 is 0 Å². The number of hydroxylamine groups is 1. The number of nitrogens with zero attached hydrogens (tertiary/aromatic N) is 1. The maximum Gasteiger partial charge on any atom is 0.243 e. The molecule has 126 valence electrons. The maximum atomic E-state index is 13.7. The number of nitrogens with one attached hydrogen (secondary N) is 1. The van der Waals surface area contributed by atoms with Crippen LogP contribution in [0.5, 0.6) is 0 Å². The van der Waals surface area contributed by atoms with Gasteiger partial charge in [0.15, 0.2) is 0 Å². The van der Waals surface area contributed by atoms with E-state index in [1.165, 1.54) is 6.07 Å². The Hall–Kier alpha value is -2.53. The van der Waals surface area contributed by atoms with Gasteiger partial charge in [0.05, 0.1) is 0 Å². The van der Waals surface area contributed by atoms with Crippen LogP contribution in [0.15, 0.2) is 42.6 Å². The Balaban J connectivity index is 2.29. The summed E-state index contributed by atoms with van der Waals surface area (Å²) in [5.74, 6) is -0.663. The van der Waals surface area contributed by atoms with E-state index in [1.807, 2.05) is 31.2 Å². The summed E-state index contributed by atoms with van der Waals surface area (Å²) in [7, 11) is 0. The number of pyridine rings is 1. The number of hydrogen-bond acceptors (Lipinski definition) is 3. The van der Waals surface area contributed by atoms with Crippen molar-refractivity contribution in [3.8, 4) is 0 Å². The summed E-state index contributed by atoms with van der Waals surface area (Å²) in [4.78, 5) is 15.6. The summed E-state index contributed by atoms with van der Waals surface area (Å²) >= 11 is 0. The number of amides is 1. The first kappa shape index (κ1) is 17.8. The maximum absolute atomic E-state index is 13.7. The van der Waals surface area contributed by atoms with Crippen molar-refractivity contribution in [1.82, 2.24) is 10.5 Å². The Morgan fingerprint density at radius 1 is 1.25 bits per heavy atom. The SMILES string of the molecule is Cc1ncccc1/C(=C/Cc1cccc(F)c1C)CCC(=O)NO. The van der Waals surface area contributed by atoms with Gasteiger partial charge in [-0.1, -0.05) is 24.3 Å². The highest BCUT2D eigenvalue weighted by Crippen LogP contribution is 2.24. The van der Waals surface area contributed by atoms with Gasteiger partial charge in [-0.15, -0.1) is 0 Å². The minimum absolute atomic E-state index is 0.165. The molecule has 1 aromatic heterocycles. The molecule has 2 N–H and O–H groups in total. The average molecular weight is 328 g/mol. The summed E-state index contributed by atoms with van der Waals surface area (Å²) in [6.45, 7) is 3.66. The molecule has 1 aromatic carbocycles. The van der Waals surface area contributed by atoms with Crippen molar-refractivity contribution in [2.24, 2.45) is 0 Å². The number of benzene rings is 1. The van der Waals surface area contributed by atoms with Crippen LogP contribution in [0.1, 0.15) is 35.2 Å². The lowest BCUT2D eigenvalue weighted by atomic mass is 9.96. The molecule has 0 aliphatic heterocycles. The van der Waals surface area contributed by atoms with Gasteiger partial charge in [0.1, 0.15) is 5.82 Å². The third kappa shape index (κ3) is 4.49. The fourth-order valence-electron chi connectivity index (χ4n) is 2.58. The second-order valence-corrected chi connectivity index (χ2v) is 5.63. The standard InChI is InChI=1S/C19H21FN2O2/c1-13-15(5-3-7-18(13)20)8-9-16(10-11-19(23)22-24)17-6-4-12-21-14(17)2/h3-7,9,12,24H,8,10-11H2,1-2H3,(H,22,23)/b16-9+. The van der Waals surface area contributed by atoms with Crippen molar-refractivity contribution in [3.63, 3.8) is 0 Å². The Kier molecular flexibility index (Phi) is 6.21. The molecule has 0 aliphatic carbocycles. The van der Waals surface area contributed by atoms with E-state index in [-0.39, 0.29) is 12.2 Å². The lowest BCUT2D eigenvalue weighted by molar-refractivity contribution is -0.129. The molecule has 0 unspecified atom stereocenters. The van der Waals surface area contributed by atoms with Crippen molar-refractivity contribution < 1.29 is 14.4 Å². The Morgan fingerprint density at radius 3 is 2.75 bits per heavy atom. The first-order valence-electron chi connectivity index (χ1n) is 7.81. The van der Waals surface area contributed by atoms with Crippen LogP contribution in [0.2, 0.25) is 0 Å².